The molecule has 1 saturated carbocycles. The van der Waals surface area contributed by atoms with Crippen molar-refractivity contribution in [2.75, 3.05) is 13.1 Å². The molecule has 1 fully saturated rings. The molecule has 136 valence electrons. The van der Waals surface area contributed by atoms with E-state index in [4.69, 9.17) is 10.2 Å². The van der Waals surface area contributed by atoms with Crippen LogP contribution in [0.25, 0.3) is 0 Å². The number of amides is 2. The number of carboxylic acid groups (broad SMARTS) is 2. The Labute approximate surface area is 141 Å². The lowest BCUT2D eigenvalue weighted by Crippen LogP contribution is -2.35. The zero-order valence-corrected chi connectivity index (χ0v) is 13.8. The number of aliphatic carboxylic acids is 2. The zero-order chi connectivity index (χ0) is 17.9. The highest BCUT2D eigenvalue weighted by Gasteiger charge is 2.23. The molecule has 0 aromatic carbocycles. The molecule has 0 aliphatic heterocycles. The number of hydrogen-bond acceptors (Lipinski definition) is 4. The average molecular weight is 342 g/mol. The van der Waals surface area contributed by atoms with Gasteiger partial charge >= 0.3 is 11.9 Å². The van der Waals surface area contributed by atoms with E-state index < -0.39 is 11.9 Å². The van der Waals surface area contributed by atoms with Crippen molar-refractivity contribution in [1.82, 2.24) is 10.6 Å². The summed E-state index contributed by atoms with van der Waals surface area (Å²) in [6.07, 6.45) is 3.56. The van der Waals surface area contributed by atoms with Gasteiger partial charge in [-0.1, -0.05) is 6.42 Å². The van der Waals surface area contributed by atoms with Crippen LogP contribution in [0.1, 0.15) is 51.4 Å². The molecule has 0 aromatic heterocycles. The zero-order valence-electron chi connectivity index (χ0n) is 13.8. The SMILES string of the molecule is O=C(O)CCC(=O)NC[C@H]1CCC[C@H](CNC(=O)CCC(=O)O)C1. The number of carboxylic acids is 2. The highest BCUT2D eigenvalue weighted by atomic mass is 16.4. The summed E-state index contributed by atoms with van der Waals surface area (Å²) in [7, 11) is 0. The third kappa shape index (κ3) is 9.12. The molecule has 0 bridgehead atoms. The monoisotopic (exact) mass is 342 g/mol. The van der Waals surface area contributed by atoms with Crippen LogP contribution in [0.15, 0.2) is 0 Å². The number of carbonyl (C=O) groups excluding carboxylic acids is 2. The molecule has 8 heteroatoms. The second-order valence-corrected chi connectivity index (χ2v) is 6.29. The van der Waals surface area contributed by atoms with Gasteiger partial charge in [0.25, 0.3) is 0 Å². The largest absolute Gasteiger partial charge is 0.481 e. The van der Waals surface area contributed by atoms with Crippen LogP contribution < -0.4 is 10.6 Å². The molecule has 24 heavy (non-hydrogen) atoms. The van der Waals surface area contributed by atoms with Crippen molar-refractivity contribution < 1.29 is 29.4 Å². The van der Waals surface area contributed by atoms with Crippen LogP contribution in [0, 0.1) is 11.8 Å². The standard InChI is InChI=1S/C16H26N2O6/c19-13(4-6-15(21)22)17-9-11-2-1-3-12(8-11)10-18-14(20)5-7-16(23)24/h11-12H,1-10H2,(H,17,19)(H,18,20)(H,21,22)(H,23,24)/t11-,12-/m0/s1. The van der Waals surface area contributed by atoms with Gasteiger partial charge in [-0.15, -0.1) is 0 Å². The Morgan fingerprint density at radius 2 is 1.17 bits per heavy atom. The minimum absolute atomic E-state index is 0.00881. The van der Waals surface area contributed by atoms with E-state index in [1.54, 1.807) is 0 Å². The fraction of sp³-hybridized carbons (Fsp3) is 0.750. The first-order valence-electron chi connectivity index (χ1n) is 8.33. The van der Waals surface area contributed by atoms with Crippen LogP contribution in [0.4, 0.5) is 0 Å². The van der Waals surface area contributed by atoms with Crippen LogP contribution in [0.2, 0.25) is 0 Å². The molecular formula is C16H26N2O6. The summed E-state index contributed by atoms with van der Waals surface area (Å²) >= 11 is 0. The molecule has 0 heterocycles. The van der Waals surface area contributed by atoms with Crippen LogP contribution in [-0.2, 0) is 19.2 Å². The highest BCUT2D eigenvalue weighted by Crippen LogP contribution is 2.28. The molecule has 0 radical (unpaired) electrons. The van der Waals surface area contributed by atoms with Crippen LogP contribution in [0.3, 0.4) is 0 Å². The van der Waals surface area contributed by atoms with Crippen LogP contribution in [0.5, 0.6) is 0 Å². The molecule has 2 atom stereocenters. The molecular weight excluding hydrogens is 316 g/mol. The van der Waals surface area contributed by atoms with Gasteiger partial charge in [0.2, 0.25) is 11.8 Å². The van der Waals surface area contributed by atoms with Crippen molar-refractivity contribution in [3.8, 4) is 0 Å². The molecule has 4 N–H and O–H groups in total. The van der Waals surface area contributed by atoms with Gasteiger partial charge < -0.3 is 20.8 Å². The van der Waals surface area contributed by atoms with E-state index in [0.29, 0.717) is 24.9 Å². The molecule has 0 saturated heterocycles. The third-order valence-corrected chi connectivity index (χ3v) is 4.20. The Hall–Kier alpha value is -2.12. The van der Waals surface area contributed by atoms with E-state index in [-0.39, 0.29) is 37.5 Å². The van der Waals surface area contributed by atoms with Gasteiger partial charge in [0.05, 0.1) is 12.8 Å². The molecule has 8 nitrogen and oxygen atoms in total. The molecule has 0 aromatic rings. The molecule has 0 unspecified atom stereocenters. The molecule has 1 aliphatic carbocycles. The Bertz CT molecular complexity index is 425. The number of carbonyl (C=O) groups is 4. The highest BCUT2D eigenvalue weighted by molar-refractivity contribution is 5.81. The number of nitrogens with one attached hydrogen (secondary N) is 2. The minimum Gasteiger partial charge on any atom is -0.481 e. The minimum atomic E-state index is -0.985. The Kier molecular flexibility index (Phi) is 8.81. The van der Waals surface area contributed by atoms with Gasteiger partial charge in [0, 0.05) is 25.9 Å². The van der Waals surface area contributed by atoms with Gasteiger partial charge in [-0.2, -0.15) is 0 Å². The summed E-state index contributed by atoms with van der Waals surface area (Å²) in [6.45, 7) is 1.06. The van der Waals surface area contributed by atoms with Crippen molar-refractivity contribution in [3.05, 3.63) is 0 Å². The summed E-state index contributed by atoms with van der Waals surface area (Å²) in [5, 5.41) is 22.6. The molecule has 2 amide bonds. The molecule has 0 spiro atoms. The van der Waals surface area contributed by atoms with E-state index in [9.17, 15) is 19.2 Å². The van der Waals surface area contributed by atoms with Gasteiger partial charge in [0.15, 0.2) is 0 Å². The van der Waals surface area contributed by atoms with E-state index in [0.717, 1.165) is 25.7 Å². The number of hydrogen-bond donors (Lipinski definition) is 4. The van der Waals surface area contributed by atoms with E-state index in [2.05, 4.69) is 10.6 Å². The predicted molar refractivity (Wildman–Crippen MR) is 85.2 cm³/mol. The normalized spacial score (nSPS) is 20.2. The van der Waals surface area contributed by atoms with Gasteiger partial charge in [-0.05, 0) is 31.1 Å². The Morgan fingerprint density at radius 3 is 1.54 bits per heavy atom. The van der Waals surface area contributed by atoms with E-state index in [1.807, 2.05) is 0 Å². The van der Waals surface area contributed by atoms with Crippen molar-refractivity contribution in [1.29, 1.82) is 0 Å². The predicted octanol–water partition coefficient (Wildman–Crippen LogP) is 0.755. The fourth-order valence-corrected chi connectivity index (χ4v) is 2.91. The first-order chi connectivity index (χ1) is 11.4. The van der Waals surface area contributed by atoms with Crippen molar-refractivity contribution in [2.24, 2.45) is 11.8 Å². The summed E-state index contributed by atoms with van der Waals surface area (Å²) in [6, 6.07) is 0. The second kappa shape index (κ2) is 10.6. The molecule has 1 aliphatic rings. The summed E-state index contributed by atoms with van der Waals surface area (Å²) < 4.78 is 0. The quantitative estimate of drug-likeness (QED) is 0.463. The lowest BCUT2D eigenvalue weighted by Gasteiger charge is -2.29. The lowest BCUT2D eigenvalue weighted by atomic mass is 9.81. The van der Waals surface area contributed by atoms with E-state index in [1.165, 1.54) is 0 Å². The summed E-state index contributed by atoms with van der Waals surface area (Å²) in [5.41, 5.74) is 0. The second-order valence-electron chi connectivity index (χ2n) is 6.29. The maximum Gasteiger partial charge on any atom is 0.303 e. The first-order valence-corrected chi connectivity index (χ1v) is 8.33. The van der Waals surface area contributed by atoms with Crippen molar-refractivity contribution in [3.63, 3.8) is 0 Å². The molecule has 1 rings (SSSR count). The van der Waals surface area contributed by atoms with Crippen molar-refractivity contribution in [2.45, 2.75) is 51.4 Å². The topological polar surface area (TPSA) is 133 Å². The lowest BCUT2D eigenvalue weighted by molar-refractivity contribution is -0.139. The third-order valence-electron chi connectivity index (χ3n) is 4.20. The first kappa shape index (κ1) is 19.9. The maximum absolute atomic E-state index is 11.5. The number of rotatable bonds is 10. The average Bonchev–Trinajstić information content (AvgIpc) is 2.54. The van der Waals surface area contributed by atoms with Crippen LogP contribution >= 0.6 is 0 Å². The maximum atomic E-state index is 11.5. The smallest absolute Gasteiger partial charge is 0.303 e. The van der Waals surface area contributed by atoms with E-state index >= 15 is 0 Å². The van der Waals surface area contributed by atoms with Gasteiger partial charge in [-0.3, -0.25) is 19.2 Å². The van der Waals surface area contributed by atoms with Crippen molar-refractivity contribution >= 4 is 23.8 Å². The van der Waals surface area contributed by atoms with Crippen LogP contribution in [-0.4, -0.2) is 47.1 Å². The summed E-state index contributed by atoms with van der Waals surface area (Å²) in [4.78, 5) is 43.9. The fourth-order valence-electron chi connectivity index (χ4n) is 2.91. The Balaban J connectivity index is 2.21. The van der Waals surface area contributed by atoms with Gasteiger partial charge in [0.1, 0.15) is 0 Å². The summed E-state index contributed by atoms with van der Waals surface area (Å²) in [5.74, 6) is -1.81. The Morgan fingerprint density at radius 1 is 0.750 bits per heavy atom. The van der Waals surface area contributed by atoms with Gasteiger partial charge in [-0.25, -0.2) is 0 Å².